The van der Waals surface area contributed by atoms with Gasteiger partial charge >= 0.3 is 5.92 Å². The molecule has 0 spiro atoms. The summed E-state index contributed by atoms with van der Waals surface area (Å²) < 4.78 is 36.3. The fraction of sp³-hybridized carbons (Fsp3) is 0.273. The van der Waals surface area contributed by atoms with Crippen LogP contribution in [0.2, 0.25) is 0 Å². The van der Waals surface area contributed by atoms with E-state index in [1.165, 1.54) is 0 Å². The number of ether oxygens (including phenoxy) is 1. The Labute approximate surface area is 182 Å². The Balaban J connectivity index is 1.62. The van der Waals surface area contributed by atoms with Crippen LogP contribution in [0.15, 0.2) is 60.9 Å². The first-order valence-corrected chi connectivity index (χ1v) is 9.97. The molecule has 0 fully saturated rings. The van der Waals surface area contributed by atoms with Gasteiger partial charge in [-0.25, -0.2) is 4.68 Å². The second-order valence-corrected chi connectivity index (χ2v) is 7.62. The van der Waals surface area contributed by atoms with Crippen LogP contribution in [0.4, 0.5) is 8.78 Å². The summed E-state index contributed by atoms with van der Waals surface area (Å²) in [4.78, 5) is 11.8. The molecule has 1 N–H and O–H groups in total. The number of nitrogens with one attached hydrogen (secondary N) is 1. The number of amides is 1. The predicted molar refractivity (Wildman–Crippen MR) is 114 cm³/mol. The summed E-state index contributed by atoms with van der Waals surface area (Å²) in [6, 6.07) is 13.6. The van der Waals surface area contributed by atoms with E-state index in [1.54, 1.807) is 34.6 Å². The molecule has 166 valence electrons. The molecule has 4 rings (SSSR count). The molecule has 10 heteroatoms. The van der Waals surface area contributed by atoms with Crippen LogP contribution in [0.5, 0.6) is 5.75 Å². The first kappa shape index (κ1) is 21.4. The second-order valence-electron chi connectivity index (χ2n) is 7.62. The van der Waals surface area contributed by atoms with Gasteiger partial charge in [0.2, 0.25) is 0 Å². The minimum absolute atomic E-state index is 0.467. The number of hydrogen-bond donors (Lipinski definition) is 1. The van der Waals surface area contributed by atoms with Gasteiger partial charge in [0, 0.05) is 20.0 Å². The van der Waals surface area contributed by atoms with E-state index >= 15 is 0 Å². The van der Waals surface area contributed by atoms with Gasteiger partial charge in [0.25, 0.3) is 5.91 Å². The monoisotopic (exact) mass is 440 g/mol. The highest BCUT2D eigenvalue weighted by Gasteiger charge is 2.35. The fourth-order valence-corrected chi connectivity index (χ4v) is 3.34. The molecule has 0 saturated heterocycles. The predicted octanol–water partition coefficient (Wildman–Crippen LogP) is 3.43. The van der Waals surface area contributed by atoms with Gasteiger partial charge in [-0.15, -0.1) is 5.10 Å². The smallest absolute Gasteiger partial charge is 0.321 e. The number of rotatable bonds is 7. The van der Waals surface area contributed by atoms with Crippen LogP contribution in [0, 0.1) is 0 Å². The van der Waals surface area contributed by atoms with Crippen molar-refractivity contribution >= 4 is 16.9 Å². The van der Waals surface area contributed by atoms with Crippen LogP contribution in [0.3, 0.4) is 0 Å². The Morgan fingerprint density at radius 2 is 1.94 bits per heavy atom. The van der Waals surface area contributed by atoms with Crippen molar-refractivity contribution in [2.24, 2.45) is 7.05 Å². The van der Waals surface area contributed by atoms with Crippen LogP contribution < -0.4 is 10.1 Å². The van der Waals surface area contributed by atoms with Gasteiger partial charge in [-0.1, -0.05) is 35.5 Å². The van der Waals surface area contributed by atoms with E-state index < -0.39 is 24.0 Å². The number of aromatic nitrogens is 5. The van der Waals surface area contributed by atoms with Gasteiger partial charge in [-0.2, -0.15) is 13.9 Å². The maximum atomic E-state index is 13.4. The Morgan fingerprint density at radius 3 is 2.59 bits per heavy atom. The first-order chi connectivity index (χ1) is 15.2. The minimum Gasteiger partial charge on any atom is -0.484 e. The van der Waals surface area contributed by atoms with Crippen molar-refractivity contribution in [1.29, 1.82) is 0 Å². The minimum atomic E-state index is -3.49. The third-order valence-electron chi connectivity index (χ3n) is 4.96. The van der Waals surface area contributed by atoms with Crippen molar-refractivity contribution in [3.8, 4) is 11.4 Å². The number of aryl methyl sites for hydroxylation is 1. The van der Waals surface area contributed by atoms with Gasteiger partial charge in [0.15, 0.2) is 0 Å². The van der Waals surface area contributed by atoms with E-state index in [0.29, 0.717) is 18.2 Å². The first-order valence-electron chi connectivity index (χ1n) is 9.97. The molecule has 32 heavy (non-hydrogen) atoms. The van der Waals surface area contributed by atoms with Crippen LogP contribution in [0.1, 0.15) is 25.5 Å². The van der Waals surface area contributed by atoms with Crippen molar-refractivity contribution < 1.29 is 18.3 Å². The molecule has 0 bridgehead atoms. The lowest BCUT2D eigenvalue weighted by Crippen LogP contribution is -2.46. The van der Waals surface area contributed by atoms with E-state index in [-0.39, 0.29) is 0 Å². The summed E-state index contributed by atoms with van der Waals surface area (Å²) in [7, 11) is 1.81. The molecule has 8 nitrogen and oxygen atoms in total. The van der Waals surface area contributed by atoms with Crippen molar-refractivity contribution in [3.63, 3.8) is 0 Å². The van der Waals surface area contributed by atoms with Gasteiger partial charge in [-0.3, -0.25) is 9.48 Å². The highest BCUT2D eigenvalue weighted by Crippen LogP contribution is 2.28. The third kappa shape index (κ3) is 4.43. The molecular formula is C22H22F2N6O2. The normalized spacial score (nSPS) is 13.7. The molecule has 2 heterocycles. The average Bonchev–Trinajstić information content (AvgIpc) is 3.37. The van der Waals surface area contributed by atoms with Crippen molar-refractivity contribution in [2.75, 3.05) is 0 Å². The van der Waals surface area contributed by atoms with E-state index in [2.05, 4.69) is 20.7 Å². The molecule has 4 aromatic rings. The van der Waals surface area contributed by atoms with Crippen LogP contribution in [-0.4, -0.2) is 42.6 Å². The van der Waals surface area contributed by atoms with Gasteiger partial charge in [0.05, 0.1) is 24.0 Å². The molecule has 0 aliphatic rings. The lowest BCUT2D eigenvalue weighted by atomic mass is 10.0. The standard InChI is InChI=1S/C22H22F2N6O2/c1-14(26-21(31)22(2,23)24)20(15-7-5-4-6-8-15)32-17-9-10-19-18(11-17)27-28-30(19)16-12-25-29(3)13-16/h4-14,20H,1-3H3,(H,26,31)/t14-,20-/m0/s1. The van der Waals surface area contributed by atoms with Crippen molar-refractivity contribution in [2.45, 2.75) is 31.9 Å². The maximum Gasteiger partial charge on any atom is 0.321 e. The number of carbonyl (C=O) groups is 1. The number of nitrogens with zero attached hydrogens (tertiary/aromatic N) is 5. The van der Waals surface area contributed by atoms with E-state index in [4.69, 9.17) is 4.74 Å². The molecule has 0 unspecified atom stereocenters. The summed E-state index contributed by atoms with van der Waals surface area (Å²) in [6.45, 7) is 2.19. The van der Waals surface area contributed by atoms with E-state index in [0.717, 1.165) is 16.8 Å². The molecule has 0 saturated carbocycles. The Hall–Kier alpha value is -3.82. The number of alkyl halides is 2. The molecular weight excluding hydrogens is 418 g/mol. The second kappa shape index (κ2) is 8.37. The molecule has 2 aromatic heterocycles. The SMILES string of the molecule is C[C@H](NC(=O)C(C)(F)F)[C@H](Oc1ccc2c(c1)nnn2-c1cnn(C)c1)c1ccccc1. The lowest BCUT2D eigenvalue weighted by molar-refractivity contribution is -0.144. The lowest BCUT2D eigenvalue weighted by Gasteiger charge is -2.27. The van der Waals surface area contributed by atoms with Crippen molar-refractivity contribution in [3.05, 3.63) is 66.5 Å². The van der Waals surface area contributed by atoms with E-state index in [9.17, 15) is 13.6 Å². The number of hydrogen-bond acceptors (Lipinski definition) is 5. The van der Waals surface area contributed by atoms with Gasteiger partial charge < -0.3 is 10.1 Å². The number of halogens is 2. The quantitative estimate of drug-likeness (QED) is 0.476. The van der Waals surface area contributed by atoms with Crippen LogP contribution >= 0.6 is 0 Å². The van der Waals surface area contributed by atoms with Crippen LogP contribution in [0.25, 0.3) is 16.7 Å². The average molecular weight is 440 g/mol. The molecule has 2 aromatic carbocycles. The summed E-state index contributed by atoms with van der Waals surface area (Å²) in [6.07, 6.45) is 2.80. The molecule has 0 radical (unpaired) electrons. The number of fused-ring (bicyclic) bond motifs is 1. The highest BCUT2D eigenvalue weighted by atomic mass is 19.3. The summed E-state index contributed by atoms with van der Waals surface area (Å²) >= 11 is 0. The fourth-order valence-electron chi connectivity index (χ4n) is 3.34. The zero-order chi connectivity index (χ0) is 22.9. The summed E-state index contributed by atoms with van der Waals surface area (Å²) in [5.41, 5.74) is 2.85. The molecule has 2 atom stereocenters. The zero-order valence-corrected chi connectivity index (χ0v) is 17.7. The zero-order valence-electron chi connectivity index (χ0n) is 17.7. The molecule has 0 aliphatic carbocycles. The summed E-state index contributed by atoms with van der Waals surface area (Å²) in [5, 5.41) is 14.9. The Morgan fingerprint density at radius 1 is 1.19 bits per heavy atom. The highest BCUT2D eigenvalue weighted by molar-refractivity contribution is 5.83. The van der Waals surface area contributed by atoms with Gasteiger partial charge in [-0.05, 0) is 24.6 Å². The number of carbonyl (C=O) groups excluding carboxylic acids is 1. The molecule has 1 amide bonds. The van der Waals surface area contributed by atoms with Crippen molar-refractivity contribution in [1.82, 2.24) is 30.1 Å². The van der Waals surface area contributed by atoms with E-state index in [1.807, 2.05) is 49.6 Å². The Kier molecular flexibility index (Phi) is 5.60. The van der Waals surface area contributed by atoms with Crippen LogP contribution in [-0.2, 0) is 11.8 Å². The van der Waals surface area contributed by atoms with Gasteiger partial charge in [0.1, 0.15) is 23.1 Å². The number of benzene rings is 2. The third-order valence-corrected chi connectivity index (χ3v) is 4.96. The Bertz CT molecular complexity index is 1230. The maximum absolute atomic E-state index is 13.4. The summed E-state index contributed by atoms with van der Waals surface area (Å²) in [5.74, 6) is -4.38. The molecule has 0 aliphatic heterocycles. The topological polar surface area (TPSA) is 86.9 Å². The largest absolute Gasteiger partial charge is 0.484 e.